The van der Waals surface area contributed by atoms with E-state index in [4.69, 9.17) is 9.47 Å². The Hall–Kier alpha value is -3.65. The number of hydrogen-bond donors (Lipinski definition) is 2. The molecule has 2 amide bonds. The van der Waals surface area contributed by atoms with Crippen molar-refractivity contribution in [2.45, 2.75) is 18.8 Å². The molecule has 0 aromatic heterocycles. The van der Waals surface area contributed by atoms with E-state index in [2.05, 4.69) is 36.2 Å². The molecule has 2 aromatic rings. The topological polar surface area (TPSA) is 105 Å². The molecule has 2 N–H and O–H groups in total. The van der Waals surface area contributed by atoms with Crippen molar-refractivity contribution in [1.29, 1.82) is 0 Å². The number of benzene rings is 2. The Kier molecular flexibility index (Phi) is 7.51. The van der Waals surface area contributed by atoms with Gasteiger partial charge in [0.25, 0.3) is 0 Å². The Labute approximate surface area is 204 Å². The molecule has 35 heavy (non-hydrogen) atoms. The standard InChI is InChI=1S/C27H30N2O6/c1-2-12-27(25(31)32)17-29(18-27)24(30)11-14-34-15-13-28-26(33)35-16-23-21-9-5-3-7-19(21)20-8-4-6-10-22(20)23/h2-10,23H,1,11-18H2,(H,28,33)(H,31,32). The first-order valence-corrected chi connectivity index (χ1v) is 11.7. The number of alkyl carbamates (subject to hydrolysis) is 1. The second-order valence-corrected chi connectivity index (χ2v) is 8.94. The van der Waals surface area contributed by atoms with Crippen LogP contribution in [0.2, 0.25) is 0 Å². The van der Waals surface area contributed by atoms with Gasteiger partial charge in [-0.3, -0.25) is 9.59 Å². The fourth-order valence-corrected chi connectivity index (χ4v) is 4.78. The lowest BCUT2D eigenvalue weighted by Crippen LogP contribution is -2.62. The molecule has 0 atom stereocenters. The fraction of sp³-hybridized carbons (Fsp3) is 0.370. The van der Waals surface area contributed by atoms with Gasteiger partial charge in [-0.2, -0.15) is 0 Å². The zero-order valence-electron chi connectivity index (χ0n) is 19.6. The summed E-state index contributed by atoms with van der Waals surface area (Å²) in [6.07, 6.45) is 1.56. The van der Waals surface area contributed by atoms with E-state index >= 15 is 0 Å². The second-order valence-electron chi connectivity index (χ2n) is 8.94. The molecule has 0 bridgehead atoms. The molecule has 1 fully saturated rings. The smallest absolute Gasteiger partial charge is 0.407 e. The van der Waals surface area contributed by atoms with Gasteiger partial charge in [0.05, 0.1) is 19.6 Å². The molecular formula is C27H30N2O6. The summed E-state index contributed by atoms with van der Waals surface area (Å²) >= 11 is 0. The maximum absolute atomic E-state index is 12.2. The van der Waals surface area contributed by atoms with Gasteiger partial charge in [0.1, 0.15) is 12.0 Å². The summed E-state index contributed by atoms with van der Waals surface area (Å²) in [4.78, 5) is 37.3. The molecule has 1 heterocycles. The molecule has 0 spiro atoms. The number of ether oxygens (including phenoxy) is 2. The van der Waals surface area contributed by atoms with E-state index in [0.717, 1.165) is 11.1 Å². The highest BCUT2D eigenvalue weighted by molar-refractivity contribution is 5.83. The minimum absolute atomic E-state index is 0.00302. The minimum Gasteiger partial charge on any atom is -0.481 e. The molecule has 1 aliphatic carbocycles. The van der Waals surface area contributed by atoms with Crippen LogP contribution in [0.4, 0.5) is 4.79 Å². The molecule has 184 valence electrons. The molecule has 8 nitrogen and oxygen atoms in total. The highest BCUT2D eigenvalue weighted by atomic mass is 16.5. The van der Waals surface area contributed by atoms with Crippen LogP contribution in [0.15, 0.2) is 61.2 Å². The Morgan fingerprint density at radius 2 is 1.69 bits per heavy atom. The number of carbonyl (C=O) groups is 3. The van der Waals surface area contributed by atoms with Crippen molar-refractivity contribution in [1.82, 2.24) is 10.2 Å². The molecule has 2 aromatic carbocycles. The van der Waals surface area contributed by atoms with Gasteiger partial charge in [0, 0.05) is 25.6 Å². The zero-order valence-corrected chi connectivity index (χ0v) is 19.6. The zero-order chi connectivity index (χ0) is 24.8. The van der Waals surface area contributed by atoms with Crippen LogP contribution in [0.5, 0.6) is 0 Å². The number of carbonyl (C=O) groups excluding carboxylic acids is 2. The van der Waals surface area contributed by atoms with E-state index in [1.165, 1.54) is 16.0 Å². The average Bonchev–Trinajstić information content (AvgIpc) is 3.15. The first kappa shape index (κ1) is 24.5. The van der Waals surface area contributed by atoms with E-state index in [9.17, 15) is 19.5 Å². The number of nitrogens with one attached hydrogen (secondary N) is 1. The van der Waals surface area contributed by atoms with Crippen LogP contribution in [-0.4, -0.2) is 67.4 Å². The first-order valence-electron chi connectivity index (χ1n) is 11.7. The van der Waals surface area contributed by atoms with Gasteiger partial charge in [0.15, 0.2) is 0 Å². The van der Waals surface area contributed by atoms with Crippen molar-refractivity contribution in [3.63, 3.8) is 0 Å². The van der Waals surface area contributed by atoms with Gasteiger partial charge in [-0.05, 0) is 28.7 Å². The molecule has 8 heteroatoms. The predicted molar refractivity (Wildman–Crippen MR) is 130 cm³/mol. The van der Waals surface area contributed by atoms with Gasteiger partial charge < -0.3 is 24.8 Å². The van der Waals surface area contributed by atoms with E-state index < -0.39 is 17.5 Å². The number of rotatable bonds is 11. The number of aliphatic carboxylic acids is 1. The minimum atomic E-state index is -0.912. The van der Waals surface area contributed by atoms with Crippen molar-refractivity contribution in [2.24, 2.45) is 5.41 Å². The second kappa shape index (κ2) is 10.7. The SMILES string of the molecule is C=CCC1(C(=O)O)CN(C(=O)CCOCCNC(=O)OCC2c3ccccc3-c3ccccc32)C1. The Bertz CT molecular complexity index is 1060. The van der Waals surface area contributed by atoms with Crippen LogP contribution < -0.4 is 5.32 Å². The van der Waals surface area contributed by atoms with Crippen LogP contribution in [0.3, 0.4) is 0 Å². The molecular weight excluding hydrogens is 448 g/mol. The molecule has 4 rings (SSSR count). The summed E-state index contributed by atoms with van der Waals surface area (Å²) in [5.74, 6) is -1.05. The number of carboxylic acids is 1. The number of nitrogens with zero attached hydrogens (tertiary/aromatic N) is 1. The van der Waals surface area contributed by atoms with Crippen molar-refractivity contribution in [3.8, 4) is 11.1 Å². The Balaban J connectivity index is 1.12. The van der Waals surface area contributed by atoms with Crippen LogP contribution in [-0.2, 0) is 19.1 Å². The first-order chi connectivity index (χ1) is 16.9. The fourth-order valence-electron chi connectivity index (χ4n) is 4.78. The summed E-state index contributed by atoms with van der Waals surface area (Å²) < 4.78 is 10.9. The third-order valence-corrected chi connectivity index (χ3v) is 6.65. The van der Waals surface area contributed by atoms with Crippen molar-refractivity contribution in [3.05, 3.63) is 72.3 Å². The third-order valence-electron chi connectivity index (χ3n) is 6.65. The van der Waals surface area contributed by atoms with Gasteiger partial charge in [-0.15, -0.1) is 6.58 Å². The molecule has 1 aliphatic heterocycles. The van der Waals surface area contributed by atoms with E-state index in [0.29, 0.717) is 6.42 Å². The summed E-state index contributed by atoms with van der Waals surface area (Å²) in [7, 11) is 0. The molecule has 0 unspecified atom stereocenters. The van der Waals surface area contributed by atoms with Crippen LogP contribution in [0, 0.1) is 5.41 Å². The number of likely N-dealkylation sites (tertiary alicyclic amines) is 1. The van der Waals surface area contributed by atoms with Crippen molar-refractivity contribution >= 4 is 18.0 Å². The highest BCUT2D eigenvalue weighted by Crippen LogP contribution is 2.44. The predicted octanol–water partition coefficient (Wildman–Crippen LogP) is 3.42. The Morgan fingerprint density at radius 1 is 1.06 bits per heavy atom. The number of carboxylic acid groups (broad SMARTS) is 1. The van der Waals surface area contributed by atoms with Gasteiger partial charge >= 0.3 is 12.1 Å². The summed E-state index contributed by atoms with van der Waals surface area (Å²) in [5.41, 5.74) is 3.74. The maximum Gasteiger partial charge on any atom is 0.407 e. The number of amides is 2. The van der Waals surface area contributed by atoms with Gasteiger partial charge in [-0.25, -0.2) is 4.79 Å². The quantitative estimate of drug-likeness (QED) is 0.379. The molecule has 2 aliphatic rings. The monoisotopic (exact) mass is 478 g/mol. The van der Waals surface area contributed by atoms with E-state index in [-0.39, 0.29) is 57.7 Å². The molecule has 0 radical (unpaired) electrons. The normalized spacial score (nSPS) is 15.5. The van der Waals surface area contributed by atoms with Gasteiger partial charge in [-0.1, -0.05) is 54.6 Å². The number of hydrogen-bond acceptors (Lipinski definition) is 5. The number of fused-ring (bicyclic) bond motifs is 3. The third kappa shape index (κ3) is 5.22. The van der Waals surface area contributed by atoms with Crippen molar-refractivity contribution in [2.75, 3.05) is 39.5 Å². The lowest BCUT2D eigenvalue weighted by Gasteiger charge is -2.46. The number of allylic oxidation sites excluding steroid dienone is 1. The van der Waals surface area contributed by atoms with E-state index in [1.54, 1.807) is 6.08 Å². The summed E-state index contributed by atoms with van der Waals surface area (Å²) in [5, 5.41) is 12.0. The van der Waals surface area contributed by atoms with Gasteiger partial charge in [0.2, 0.25) is 5.91 Å². The maximum atomic E-state index is 12.2. The van der Waals surface area contributed by atoms with Crippen LogP contribution in [0.25, 0.3) is 11.1 Å². The Morgan fingerprint density at radius 3 is 2.29 bits per heavy atom. The summed E-state index contributed by atoms with van der Waals surface area (Å²) in [6.45, 7) is 4.92. The molecule has 1 saturated heterocycles. The highest BCUT2D eigenvalue weighted by Gasteiger charge is 2.50. The largest absolute Gasteiger partial charge is 0.481 e. The lowest BCUT2D eigenvalue weighted by atomic mass is 9.76. The summed E-state index contributed by atoms with van der Waals surface area (Å²) in [6, 6.07) is 16.3. The lowest BCUT2D eigenvalue weighted by molar-refractivity contribution is -0.166. The van der Waals surface area contributed by atoms with Crippen LogP contribution in [0.1, 0.15) is 29.9 Å². The van der Waals surface area contributed by atoms with E-state index in [1.807, 2.05) is 24.3 Å². The average molecular weight is 479 g/mol. The van der Waals surface area contributed by atoms with Crippen molar-refractivity contribution < 1.29 is 29.0 Å². The van der Waals surface area contributed by atoms with Crippen LogP contribution >= 0.6 is 0 Å². The molecule has 0 saturated carbocycles.